The average molecular weight is 174 g/mol. The lowest BCUT2D eigenvalue weighted by Gasteiger charge is -2.23. The molecule has 12 heavy (non-hydrogen) atoms. The molecule has 76 valence electrons. The molecule has 0 unspecified atom stereocenters. The lowest BCUT2D eigenvalue weighted by atomic mass is 9.90. The second kappa shape index (κ2) is 7.56. The van der Waals surface area contributed by atoms with Crippen molar-refractivity contribution in [3.8, 4) is 0 Å². The Bertz CT molecular complexity index is 79.8. The predicted molar refractivity (Wildman–Crippen MR) is 56.7 cm³/mol. The second-order valence-corrected chi connectivity index (χ2v) is 3.86. The Kier molecular flexibility index (Phi) is 9.10. The van der Waals surface area contributed by atoms with Gasteiger partial charge in [0.05, 0.1) is 0 Å². The number of hydrogen-bond donors (Lipinski definition) is 2. The zero-order chi connectivity index (χ0) is 8.74. The van der Waals surface area contributed by atoms with Gasteiger partial charge in [0.1, 0.15) is 0 Å². The van der Waals surface area contributed by atoms with Crippen LogP contribution in [0, 0.1) is 0 Å². The molecule has 0 rings (SSSR count). The molecule has 0 saturated carbocycles. The maximum absolute atomic E-state index is 6.09. The molecule has 0 bridgehead atoms. The van der Waals surface area contributed by atoms with E-state index in [1.54, 1.807) is 0 Å². The van der Waals surface area contributed by atoms with Crippen molar-refractivity contribution in [2.45, 2.75) is 64.8 Å². The zero-order valence-corrected chi connectivity index (χ0v) is 9.03. The van der Waals surface area contributed by atoms with Crippen LogP contribution in [0.1, 0.15) is 59.3 Å². The van der Waals surface area contributed by atoms with Gasteiger partial charge in [0, 0.05) is 5.54 Å². The van der Waals surface area contributed by atoms with Gasteiger partial charge in [-0.3, -0.25) is 0 Å². The highest BCUT2D eigenvalue weighted by Gasteiger charge is 2.15. The molecule has 0 aliphatic heterocycles. The maximum atomic E-state index is 6.09. The molecule has 0 aromatic heterocycles. The van der Waals surface area contributed by atoms with Gasteiger partial charge in [0.25, 0.3) is 0 Å². The summed E-state index contributed by atoms with van der Waals surface area (Å²) in [7, 11) is 0. The molecular weight excluding hydrogens is 148 g/mol. The molecule has 0 atom stereocenters. The van der Waals surface area contributed by atoms with E-state index < -0.39 is 0 Å². The Hall–Kier alpha value is -0.0800. The summed E-state index contributed by atoms with van der Waals surface area (Å²) in [5, 5.41) is 0. The monoisotopic (exact) mass is 174 g/mol. The Morgan fingerprint density at radius 3 is 1.58 bits per heavy atom. The third-order valence-electron chi connectivity index (χ3n) is 2.20. The van der Waals surface area contributed by atoms with Gasteiger partial charge in [0.15, 0.2) is 0 Å². The van der Waals surface area contributed by atoms with Crippen LogP contribution in [0.4, 0.5) is 0 Å². The lowest BCUT2D eigenvalue weighted by Crippen LogP contribution is -2.35. The fraction of sp³-hybridized carbons (Fsp3) is 1.00. The quantitative estimate of drug-likeness (QED) is 0.649. The first-order valence-corrected chi connectivity index (χ1v) is 4.91. The third-order valence-corrected chi connectivity index (χ3v) is 2.20. The minimum absolute atomic E-state index is 0. The summed E-state index contributed by atoms with van der Waals surface area (Å²) in [4.78, 5) is 0. The van der Waals surface area contributed by atoms with E-state index in [9.17, 15) is 0 Å². The second-order valence-electron chi connectivity index (χ2n) is 3.86. The normalized spacial score (nSPS) is 11.0. The van der Waals surface area contributed by atoms with E-state index in [-0.39, 0.29) is 11.7 Å². The van der Waals surface area contributed by atoms with E-state index in [4.69, 9.17) is 5.73 Å². The van der Waals surface area contributed by atoms with Gasteiger partial charge in [-0.1, -0.05) is 39.5 Å². The average Bonchev–Trinajstić information content (AvgIpc) is 1.97. The first-order chi connectivity index (χ1) is 5.12. The van der Waals surface area contributed by atoms with Crippen molar-refractivity contribution in [3.05, 3.63) is 0 Å². The summed E-state index contributed by atoms with van der Waals surface area (Å²) in [6.45, 7) is 6.62. The van der Waals surface area contributed by atoms with Crippen molar-refractivity contribution in [2.75, 3.05) is 0 Å². The zero-order valence-electron chi connectivity index (χ0n) is 9.03. The Labute approximate surface area is 77.5 Å². The van der Waals surface area contributed by atoms with Crippen LogP contribution in [0.25, 0.3) is 0 Å². The Balaban J connectivity index is 0. The molecule has 0 aromatic rings. The van der Waals surface area contributed by atoms with Crippen LogP contribution in [0.15, 0.2) is 0 Å². The number of unbranched alkanes of at least 4 members (excludes halogenated alkanes) is 2. The van der Waals surface area contributed by atoms with Crippen molar-refractivity contribution in [1.29, 1.82) is 0 Å². The van der Waals surface area contributed by atoms with E-state index in [0.717, 1.165) is 0 Å². The summed E-state index contributed by atoms with van der Waals surface area (Å²) in [6.07, 6.45) is 7.44. The van der Waals surface area contributed by atoms with Crippen molar-refractivity contribution in [1.82, 2.24) is 6.15 Å². The Morgan fingerprint density at radius 2 is 1.33 bits per heavy atom. The fourth-order valence-corrected chi connectivity index (χ4v) is 1.29. The van der Waals surface area contributed by atoms with Gasteiger partial charge in [-0.2, -0.15) is 0 Å². The molecule has 0 fully saturated rings. The van der Waals surface area contributed by atoms with E-state index in [1.807, 2.05) is 0 Å². The highest BCUT2D eigenvalue weighted by Crippen LogP contribution is 2.17. The van der Waals surface area contributed by atoms with Crippen LogP contribution in [-0.4, -0.2) is 5.54 Å². The molecule has 0 amide bonds. The van der Waals surface area contributed by atoms with E-state index in [1.165, 1.54) is 38.5 Å². The molecular formula is C10H26N2. The summed E-state index contributed by atoms with van der Waals surface area (Å²) in [5.41, 5.74) is 6.19. The highest BCUT2D eigenvalue weighted by atomic mass is 14.7. The molecule has 0 spiro atoms. The summed E-state index contributed by atoms with van der Waals surface area (Å²) < 4.78 is 0. The van der Waals surface area contributed by atoms with Crippen LogP contribution in [0.2, 0.25) is 0 Å². The molecule has 2 heteroatoms. The predicted octanol–water partition coefficient (Wildman–Crippen LogP) is 3.25. The smallest absolute Gasteiger partial charge is 0.0125 e. The minimum atomic E-state index is 0. The van der Waals surface area contributed by atoms with Crippen LogP contribution in [0.5, 0.6) is 0 Å². The van der Waals surface area contributed by atoms with Crippen LogP contribution >= 0.6 is 0 Å². The van der Waals surface area contributed by atoms with Crippen LogP contribution in [0.3, 0.4) is 0 Å². The van der Waals surface area contributed by atoms with E-state index in [0.29, 0.717) is 0 Å². The first kappa shape index (κ1) is 14.4. The van der Waals surface area contributed by atoms with Crippen LogP contribution < -0.4 is 11.9 Å². The molecule has 0 aliphatic rings. The van der Waals surface area contributed by atoms with Gasteiger partial charge >= 0.3 is 0 Å². The third kappa shape index (κ3) is 8.02. The van der Waals surface area contributed by atoms with Crippen molar-refractivity contribution in [3.63, 3.8) is 0 Å². The van der Waals surface area contributed by atoms with Gasteiger partial charge in [-0.25, -0.2) is 0 Å². The van der Waals surface area contributed by atoms with Gasteiger partial charge in [0.2, 0.25) is 0 Å². The van der Waals surface area contributed by atoms with Gasteiger partial charge in [-0.05, 0) is 19.8 Å². The molecule has 0 radical (unpaired) electrons. The van der Waals surface area contributed by atoms with E-state index >= 15 is 0 Å². The number of hydrogen-bond acceptors (Lipinski definition) is 2. The fourth-order valence-electron chi connectivity index (χ4n) is 1.29. The van der Waals surface area contributed by atoms with Crippen molar-refractivity contribution < 1.29 is 0 Å². The molecule has 5 N–H and O–H groups in total. The highest BCUT2D eigenvalue weighted by molar-refractivity contribution is 4.77. The Morgan fingerprint density at radius 1 is 1.00 bits per heavy atom. The summed E-state index contributed by atoms with van der Waals surface area (Å²) >= 11 is 0. The minimum Gasteiger partial charge on any atom is -0.344 e. The SMILES string of the molecule is CCCCC(C)(N)CCCC.N. The maximum Gasteiger partial charge on any atom is 0.0125 e. The molecule has 0 aromatic carbocycles. The first-order valence-electron chi connectivity index (χ1n) is 4.91. The van der Waals surface area contributed by atoms with Crippen molar-refractivity contribution in [2.24, 2.45) is 5.73 Å². The van der Waals surface area contributed by atoms with E-state index in [2.05, 4.69) is 20.8 Å². The lowest BCUT2D eigenvalue weighted by molar-refractivity contribution is 0.376. The summed E-state index contributed by atoms with van der Waals surface area (Å²) in [6, 6.07) is 0. The van der Waals surface area contributed by atoms with Gasteiger partial charge in [-0.15, -0.1) is 0 Å². The summed E-state index contributed by atoms with van der Waals surface area (Å²) in [5.74, 6) is 0. The van der Waals surface area contributed by atoms with Gasteiger partial charge < -0.3 is 11.9 Å². The standard InChI is InChI=1S/C10H23N.H3N/c1-4-6-8-10(3,11)9-7-5-2;/h4-9,11H2,1-3H3;1H3. The number of rotatable bonds is 6. The molecule has 0 saturated heterocycles. The van der Waals surface area contributed by atoms with Crippen LogP contribution in [-0.2, 0) is 0 Å². The molecule has 2 nitrogen and oxygen atoms in total. The van der Waals surface area contributed by atoms with Crippen molar-refractivity contribution >= 4 is 0 Å². The number of nitrogens with two attached hydrogens (primary N) is 1. The largest absolute Gasteiger partial charge is 0.344 e. The molecule has 0 aliphatic carbocycles. The molecule has 0 heterocycles. The topological polar surface area (TPSA) is 61.0 Å².